The van der Waals surface area contributed by atoms with Gasteiger partial charge in [-0.1, -0.05) is 13.8 Å². The van der Waals surface area contributed by atoms with Crippen molar-refractivity contribution in [1.29, 1.82) is 0 Å². The number of hydrogen-bond acceptors (Lipinski definition) is 4. The second-order valence-electron chi connectivity index (χ2n) is 5.08. The van der Waals surface area contributed by atoms with Crippen molar-refractivity contribution >= 4 is 11.7 Å². The number of carbonyl (C=O) groups is 1. The van der Waals surface area contributed by atoms with Gasteiger partial charge in [-0.3, -0.25) is 4.79 Å². The summed E-state index contributed by atoms with van der Waals surface area (Å²) in [5.74, 6) is -0.717. The second kappa shape index (κ2) is 7.36. The molecule has 0 spiro atoms. The normalized spacial score (nSPS) is 18.6. The van der Waals surface area contributed by atoms with Gasteiger partial charge >= 0.3 is 0 Å². The molecule has 1 aromatic rings. The molecule has 21 heavy (non-hydrogen) atoms. The number of halogens is 1. The lowest BCUT2D eigenvalue weighted by Crippen LogP contribution is -2.48. The summed E-state index contributed by atoms with van der Waals surface area (Å²) >= 11 is 0. The molecule has 0 saturated carbocycles. The molecule has 1 unspecified atom stereocenters. The molecule has 0 bridgehead atoms. The van der Waals surface area contributed by atoms with Crippen LogP contribution in [0.1, 0.15) is 37.0 Å². The number of amides is 1. The molecule has 1 atom stereocenters. The molecular weight excluding hydrogens is 273 g/mol. The summed E-state index contributed by atoms with van der Waals surface area (Å²) in [7, 11) is 0. The van der Waals surface area contributed by atoms with Crippen molar-refractivity contribution in [3.05, 3.63) is 23.6 Å². The molecule has 5 nitrogen and oxygen atoms in total. The summed E-state index contributed by atoms with van der Waals surface area (Å²) in [4.78, 5) is 18.3. The Kier molecular flexibility index (Phi) is 5.50. The van der Waals surface area contributed by atoms with Gasteiger partial charge in [0.1, 0.15) is 0 Å². The standard InChI is InChI=1S/C15H22FN3O2/c1-3-6-17-14-13(16)12(5-7-18-14)15(20)19-8-9-21-10-11(19)4-2/h5,7,11H,3-4,6,8-10H2,1-2H3,(H,17,18). The van der Waals surface area contributed by atoms with Crippen LogP contribution in [0.2, 0.25) is 0 Å². The Labute approximate surface area is 124 Å². The SMILES string of the molecule is CCCNc1nccc(C(=O)N2CCOCC2CC)c1F. The van der Waals surface area contributed by atoms with Crippen molar-refractivity contribution in [2.24, 2.45) is 0 Å². The molecule has 2 heterocycles. The van der Waals surface area contributed by atoms with E-state index >= 15 is 0 Å². The molecule has 1 N–H and O–H groups in total. The second-order valence-corrected chi connectivity index (χ2v) is 5.08. The van der Waals surface area contributed by atoms with Crippen LogP contribution in [0.4, 0.5) is 10.2 Å². The van der Waals surface area contributed by atoms with E-state index < -0.39 is 5.82 Å². The van der Waals surface area contributed by atoms with E-state index in [1.807, 2.05) is 13.8 Å². The minimum atomic E-state index is -0.572. The third kappa shape index (κ3) is 3.50. The summed E-state index contributed by atoms with van der Waals surface area (Å²) in [6.45, 7) is 6.11. The van der Waals surface area contributed by atoms with E-state index in [4.69, 9.17) is 4.74 Å². The van der Waals surface area contributed by atoms with Crippen LogP contribution in [-0.2, 0) is 4.74 Å². The summed E-state index contributed by atoms with van der Waals surface area (Å²) in [6, 6.07) is 1.45. The average molecular weight is 295 g/mol. The van der Waals surface area contributed by atoms with Crippen LogP contribution in [0.5, 0.6) is 0 Å². The molecule has 6 heteroatoms. The Balaban J connectivity index is 2.22. The molecule has 1 amide bonds. The lowest BCUT2D eigenvalue weighted by molar-refractivity contribution is -0.00303. The highest BCUT2D eigenvalue weighted by molar-refractivity contribution is 5.95. The minimum absolute atomic E-state index is 0.00543. The Morgan fingerprint density at radius 1 is 1.57 bits per heavy atom. The third-order valence-corrected chi connectivity index (χ3v) is 3.62. The first-order valence-electron chi connectivity index (χ1n) is 7.46. The Hall–Kier alpha value is -1.69. The molecule has 1 saturated heterocycles. The topological polar surface area (TPSA) is 54.5 Å². The first-order chi connectivity index (χ1) is 10.2. The van der Waals surface area contributed by atoms with Gasteiger partial charge in [0.25, 0.3) is 5.91 Å². The molecule has 0 aromatic carbocycles. The van der Waals surface area contributed by atoms with E-state index in [1.165, 1.54) is 12.3 Å². The number of morpholine rings is 1. The number of nitrogens with one attached hydrogen (secondary N) is 1. The quantitative estimate of drug-likeness (QED) is 0.905. The van der Waals surface area contributed by atoms with E-state index in [0.29, 0.717) is 26.3 Å². The molecule has 0 aliphatic carbocycles. The highest BCUT2D eigenvalue weighted by Gasteiger charge is 2.29. The third-order valence-electron chi connectivity index (χ3n) is 3.62. The van der Waals surface area contributed by atoms with Crippen LogP contribution in [0.15, 0.2) is 12.3 Å². The maximum Gasteiger partial charge on any atom is 0.257 e. The highest BCUT2D eigenvalue weighted by Crippen LogP contribution is 2.20. The minimum Gasteiger partial charge on any atom is -0.377 e. The van der Waals surface area contributed by atoms with Crippen LogP contribution in [0, 0.1) is 5.82 Å². The molecule has 1 aliphatic rings. The Morgan fingerprint density at radius 2 is 2.38 bits per heavy atom. The van der Waals surface area contributed by atoms with Crippen molar-refractivity contribution in [2.45, 2.75) is 32.7 Å². The van der Waals surface area contributed by atoms with Crippen molar-refractivity contribution in [2.75, 3.05) is 31.6 Å². The number of anilines is 1. The molecule has 2 rings (SSSR count). The van der Waals surface area contributed by atoms with Gasteiger partial charge in [0.15, 0.2) is 11.6 Å². The number of carbonyl (C=O) groups excluding carboxylic acids is 1. The van der Waals surface area contributed by atoms with Gasteiger partial charge in [0.05, 0.1) is 24.8 Å². The Bertz CT molecular complexity index is 496. The van der Waals surface area contributed by atoms with Crippen molar-refractivity contribution < 1.29 is 13.9 Å². The summed E-state index contributed by atoms with van der Waals surface area (Å²) in [5.41, 5.74) is 0.0731. The van der Waals surface area contributed by atoms with Crippen LogP contribution in [-0.4, -0.2) is 48.1 Å². The van der Waals surface area contributed by atoms with Crippen LogP contribution < -0.4 is 5.32 Å². The first kappa shape index (κ1) is 15.7. The van der Waals surface area contributed by atoms with Gasteiger partial charge in [0, 0.05) is 19.3 Å². The number of rotatable bonds is 5. The summed E-state index contributed by atoms with van der Waals surface area (Å²) in [6.07, 6.45) is 3.12. The van der Waals surface area contributed by atoms with Crippen LogP contribution in [0.3, 0.4) is 0 Å². The lowest BCUT2D eigenvalue weighted by atomic mass is 10.1. The van der Waals surface area contributed by atoms with E-state index in [2.05, 4.69) is 10.3 Å². The predicted octanol–water partition coefficient (Wildman–Crippen LogP) is 2.29. The molecule has 1 aliphatic heterocycles. The van der Waals surface area contributed by atoms with Gasteiger partial charge in [-0.25, -0.2) is 9.37 Å². The van der Waals surface area contributed by atoms with Gasteiger partial charge < -0.3 is 15.0 Å². The maximum atomic E-state index is 14.4. The molecule has 1 fully saturated rings. The fourth-order valence-electron chi connectivity index (χ4n) is 2.39. The number of pyridine rings is 1. The zero-order valence-corrected chi connectivity index (χ0v) is 12.6. The van der Waals surface area contributed by atoms with Crippen molar-refractivity contribution in [3.63, 3.8) is 0 Å². The molecule has 0 radical (unpaired) electrons. The highest BCUT2D eigenvalue weighted by atomic mass is 19.1. The van der Waals surface area contributed by atoms with Gasteiger partial charge in [0.2, 0.25) is 0 Å². The number of hydrogen-bond donors (Lipinski definition) is 1. The maximum absolute atomic E-state index is 14.4. The fraction of sp³-hybridized carbons (Fsp3) is 0.600. The van der Waals surface area contributed by atoms with E-state index in [-0.39, 0.29) is 23.3 Å². The van der Waals surface area contributed by atoms with Gasteiger partial charge in [-0.05, 0) is 18.9 Å². The lowest BCUT2D eigenvalue weighted by Gasteiger charge is -2.35. The molecule has 1 aromatic heterocycles. The monoisotopic (exact) mass is 295 g/mol. The average Bonchev–Trinajstić information content (AvgIpc) is 2.53. The number of nitrogens with zero attached hydrogens (tertiary/aromatic N) is 2. The summed E-state index contributed by atoms with van der Waals surface area (Å²) < 4.78 is 19.8. The van der Waals surface area contributed by atoms with Crippen molar-refractivity contribution in [3.8, 4) is 0 Å². The zero-order chi connectivity index (χ0) is 15.2. The van der Waals surface area contributed by atoms with E-state index in [0.717, 1.165) is 12.8 Å². The first-order valence-corrected chi connectivity index (χ1v) is 7.46. The van der Waals surface area contributed by atoms with E-state index in [1.54, 1.807) is 4.90 Å². The predicted molar refractivity (Wildman–Crippen MR) is 78.9 cm³/mol. The largest absolute Gasteiger partial charge is 0.377 e. The smallest absolute Gasteiger partial charge is 0.257 e. The van der Waals surface area contributed by atoms with Gasteiger partial charge in [-0.2, -0.15) is 0 Å². The van der Waals surface area contributed by atoms with Crippen LogP contribution >= 0.6 is 0 Å². The number of aromatic nitrogens is 1. The Morgan fingerprint density at radius 3 is 3.10 bits per heavy atom. The van der Waals surface area contributed by atoms with Crippen molar-refractivity contribution in [1.82, 2.24) is 9.88 Å². The molecular formula is C15H22FN3O2. The van der Waals surface area contributed by atoms with Crippen LogP contribution in [0.25, 0.3) is 0 Å². The zero-order valence-electron chi connectivity index (χ0n) is 12.6. The van der Waals surface area contributed by atoms with E-state index in [9.17, 15) is 9.18 Å². The number of ether oxygens (including phenoxy) is 1. The van der Waals surface area contributed by atoms with Gasteiger partial charge in [-0.15, -0.1) is 0 Å². The summed E-state index contributed by atoms with van der Waals surface area (Å²) in [5, 5.41) is 2.90. The fourth-order valence-corrected chi connectivity index (χ4v) is 2.39. The molecule has 116 valence electrons.